The zero-order valence-corrected chi connectivity index (χ0v) is 14.9. The molecule has 0 aliphatic carbocycles. The number of nitrogens with one attached hydrogen (secondary N) is 1. The van der Waals surface area contributed by atoms with Crippen LogP contribution in [-0.2, 0) is 0 Å². The molecule has 0 aliphatic heterocycles. The number of rotatable bonds is 4. The number of anilines is 1. The number of hydrogen-bond donors (Lipinski definition) is 2. The van der Waals surface area contributed by atoms with Crippen LogP contribution in [0.4, 0.5) is 5.82 Å². The molecule has 0 aliphatic rings. The molecule has 0 atom stereocenters. The lowest BCUT2D eigenvalue weighted by atomic mass is 9.97. The Hall–Kier alpha value is -2.18. The fourth-order valence-corrected chi connectivity index (χ4v) is 2.59. The molecule has 3 aromatic rings. The summed E-state index contributed by atoms with van der Waals surface area (Å²) < 4.78 is 0. The van der Waals surface area contributed by atoms with Gasteiger partial charge in [0, 0.05) is 29.4 Å². The lowest BCUT2D eigenvalue weighted by Crippen LogP contribution is -2.19. The van der Waals surface area contributed by atoms with Gasteiger partial charge in [0.25, 0.3) is 0 Å². The van der Waals surface area contributed by atoms with Crippen molar-refractivity contribution in [3.8, 4) is 11.1 Å². The third-order valence-corrected chi connectivity index (χ3v) is 4.02. The van der Waals surface area contributed by atoms with Crippen molar-refractivity contribution in [3.63, 3.8) is 0 Å². The van der Waals surface area contributed by atoms with Crippen molar-refractivity contribution in [1.29, 1.82) is 0 Å². The average Bonchev–Trinajstić information content (AvgIpc) is 2.58. The van der Waals surface area contributed by atoms with E-state index in [4.69, 9.17) is 5.14 Å². The molecule has 2 aromatic heterocycles. The van der Waals surface area contributed by atoms with Gasteiger partial charge in [-0.25, -0.2) is 4.98 Å². The molecule has 124 valence electrons. The molecule has 5 nitrogen and oxygen atoms in total. The summed E-state index contributed by atoms with van der Waals surface area (Å²) >= 11 is 1.19. The van der Waals surface area contributed by atoms with Gasteiger partial charge in [0.2, 0.25) is 0 Å². The van der Waals surface area contributed by atoms with Gasteiger partial charge in [-0.2, -0.15) is 0 Å². The van der Waals surface area contributed by atoms with E-state index in [9.17, 15) is 0 Å². The Balaban J connectivity index is 1.93. The summed E-state index contributed by atoms with van der Waals surface area (Å²) in [6.45, 7) is 7.39. The smallest absolute Gasteiger partial charge is 0.145 e. The summed E-state index contributed by atoms with van der Waals surface area (Å²) in [7, 11) is 0. The standard InChI is InChI=1S/C18H21N5S/c1-18(2,3)11-22-17-10-21-15-5-4-12(7-16(15)23-17)13-6-14(24-19)9-20-8-13/h4-10H,11,19H2,1-3H3,(H,22,23). The van der Waals surface area contributed by atoms with E-state index in [0.29, 0.717) is 0 Å². The lowest BCUT2D eigenvalue weighted by Gasteiger charge is -2.19. The van der Waals surface area contributed by atoms with Crippen LogP contribution in [0, 0.1) is 5.41 Å². The molecule has 0 amide bonds. The van der Waals surface area contributed by atoms with Crippen LogP contribution in [-0.4, -0.2) is 21.5 Å². The third-order valence-electron chi connectivity index (χ3n) is 3.52. The highest BCUT2D eigenvalue weighted by Crippen LogP contribution is 2.25. The predicted molar refractivity (Wildman–Crippen MR) is 101 cm³/mol. The lowest BCUT2D eigenvalue weighted by molar-refractivity contribution is 0.442. The number of benzene rings is 1. The molecular formula is C18H21N5S. The highest BCUT2D eigenvalue weighted by Gasteiger charge is 2.10. The van der Waals surface area contributed by atoms with Crippen molar-refractivity contribution in [2.75, 3.05) is 11.9 Å². The van der Waals surface area contributed by atoms with E-state index in [2.05, 4.69) is 41.0 Å². The number of nitrogens with zero attached hydrogens (tertiary/aromatic N) is 3. The average molecular weight is 339 g/mol. The predicted octanol–water partition coefficient (Wildman–Crippen LogP) is 4.12. The molecule has 0 saturated carbocycles. The topological polar surface area (TPSA) is 76.7 Å². The molecule has 0 radical (unpaired) electrons. The van der Waals surface area contributed by atoms with Gasteiger partial charge in [-0.3, -0.25) is 15.1 Å². The molecule has 6 heteroatoms. The molecule has 24 heavy (non-hydrogen) atoms. The zero-order chi connectivity index (χ0) is 17.2. The van der Waals surface area contributed by atoms with Crippen LogP contribution in [0.1, 0.15) is 20.8 Å². The van der Waals surface area contributed by atoms with Crippen LogP contribution in [0.15, 0.2) is 47.8 Å². The van der Waals surface area contributed by atoms with Gasteiger partial charge in [0.05, 0.1) is 17.2 Å². The van der Waals surface area contributed by atoms with E-state index in [1.165, 1.54) is 11.9 Å². The fourth-order valence-electron chi connectivity index (χ4n) is 2.27. The Bertz CT molecular complexity index is 857. The number of hydrogen-bond acceptors (Lipinski definition) is 6. The number of pyridine rings is 1. The van der Waals surface area contributed by atoms with Crippen molar-refractivity contribution >= 4 is 28.8 Å². The van der Waals surface area contributed by atoms with Crippen LogP contribution in [0.25, 0.3) is 22.2 Å². The van der Waals surface area contributed by atoms with Crippen LogP contribution in [0.5, 0.6) is 0 Å². The summed E-state index contributed by atoms with van der Waals surface area (Å²) in [5, 5.41) is 8.97. The Morgan fingerprint density at radius 1 is 1.04 bits per heavy atom. The van der Waals surface area contributed by atoms with Crippen LogP contribution < -0.4 is 10.5 Å². The molecule has 0 spiro atoms. The van der Waals surface area contributed by atoms with E-state index in [1.807, 2.05) is 30.5 Å². The monoisotopic (exact) mass is 339 g/mol. The van der Waals surface area contributed by atoms with Crippen molar-refractivity contribution in [2.45, 2.75) is 25.7 Å². The van der Waals surface area contributed by atoms with Gasteiger partial charge in [-0.05, 0) is 41.1 Å². The second-order valence-corrected chi connectivity index (χ2v) is 7.61. The fraction of sp³-hybridized carbons (Fsp3) is 0.278. The van der Waals surface area contributed by atoms with E-state index in [1.54, 1.807) is 12.4 Å². The largest absolute Gasteiger partial charge is 0.368 e. The second kappa shape index (κ2) is 6.75. The second-order valence-electron chi connectivity index (χ2n) is 6.90. The molecule has 3 rings (SSSR count). The number of fused-ring (bicyclic) bond motifs is 1. The Kier molecular flexibility index (Phi) is 4.69. The van der Waals surface area contributed by atoms with Crippen molar-refractivity contribution in [1.82, 2.24) is 15.0 Å². The Morgan fingerprint density at radius 2 is 1.88 bits per heavy atom. The summed E-state index contributed by atoms with van der Waals surface area (Å²) in [4.78, 5) is 14.3. The first-order valence-corrected chi connectivity index (χ1v) is 8.65. The summed E-state index contributed by atoms with van der Waals surface area (Å²) in [6.07, 6.45) is 5.36. The first-order chi connectivity index (χ1) is 11.4. The Labute approximate surface area is 146 Å². The van der Waals surface area contributed by atoms with Gasteiger partial charge in [0.15, 0.2) is 0 Å². The molecule has 0 fully saturated rings. The van der Waals surface area contributed by atoms with Gasteiger partial charge in [-0.15, -0.1) is 0 Å². The molecule has 2 heterocycles. The normalized spacial score (nSPS) is 11.7. The van der Waals surface area contributed by atoms with E-state index < -0.39 is 0 Å². The quantitative estimate of drug-likeness (QED) is 0.696. The summed E-state index contributed by atoms with van der Waals surface area (Å²) in [5.41, 5.74) is 3.98. The maximum absolute atomic E-state index is 5.62. The molecule has 0 unspecified atom stereocenters. The van der Waals surface area contributed by atoms with Gasteiger partial charge in [-0.1, -0.05) is 26.8 Å². The van der Waals surface area contributed by atoms with Gasteiger partial charge in [0.1, 0.15) is 5.82 Å². The van der Waals surface area contributed by atoms with E-state index in [0.717, 1.165) is 39.4 Å². The van der Waals surface area contributed by atoms with E-state index in [-0.39, 0.29) is 5.41 Å². The maximum Gasteiger partial charge on any atom is 0.145 e. The Morgan fingerprint density at radius 3 is 2.62 bits per heavy atom. The first kappa shape index (κ1) is 16.7. The third kappa shape index (κ3) is 4.01. The van der Waals surface area contributed by atoms with Gasteiger partial charge < -0.3 is 5.32 Å². The summed E-state index contributed by atoms with van der Waals surface area (Å²) in [6, 6.07) is 8.06. The zero-order valence-electron chi connectivity index (χ0n) is 14.1. The van der Waals surface area contributed by atoms with E-state index >= 15 is 0 Å². The molecular weight excluding hydrogens is 318 g/mol. The van der Waals surface area contributed by atoms with Crippen molar-refractivity contribution in [2.24, 2.45) is 10.6 Å². The molecule has 0 bridgehead atoms. The van der Waals surface area contributed by atoms with Crippen LogP contribution in [0.3, 0.4) is 0 Å². The molecule has 0 saturated heterocycles. The minimum absolute atomic E-state index is 0.185. The van der Waals surface area contributed by atoms with Crippen LogP contribution in [0.2, 0.25) is 0 Å². The minimum atomic E-state index is 0.185. The van der Waals surface area contributed by atoms with Gasteiger partial charge >= 0.3 is 0 Å². The highest BCUT2D eigenvalue weighted by atomic mass is 32.2. The first-order valence-electron chi connectivity index (χ1n) is 7.77. The number of aromatic nitrogens is 3. The van der Waals surface area contributed by atoms with Crippen LogP contribution >= 0.6 is 11.9 Å². The molecule has 3 N–H and O–H groups in total. The maximum atomic E-state index is 5.62. The van der Waals surface area contributed by atoms with Crippen molar-refractivity contribution in [3.05, 3.63) is 42.9 Å². The SMILES string of the molecule is CC(C)(C)CNc1cnc2ccc(-c3cncc(SN)c3)cc2n1. The molecule has 1 aromatic carbocycles. The van der Waals surface area contributed by atoms with Crippen molar-refractivity contribution < 1.29 is 0 Å². The number of nitrogens with two attached hydrogens (primary N) is 1. The minimum Gasteiger partial charge on any atom is -0.368 e. The summed E-state index contributed by atoms with van der Waals surface area (Å²) in [5.74, 6) is 0.791. The highest BCUT2D eigenvalue weighted by molar-refractivity contribution is 7.97.